The molecule has 1 aromatic carbocycles. The molecule has 1 aromatic heterocycles. The van der Waals surface area contributed by atoms with Crippen LogP contribution in [0.4, 0.5) is 5.69 Å². The zero-order valence-corrected chi connectivity index (χ0v) is 17.5. The summed E-state index contributed by atoms with van der Waals surface area (Å²) in [6.45, 7) is 1.46. The highest BCUT2D eigenvalue weighted by atomic mass is 127. The van der Waals surface area contributed by atoms with Crippen LogP contribution in [0.15, 0.2) is 18.2 Å². The standard InChI is InChI=1S/C17H23IN4O4/c1-9(23)14(17(25)21(2)3)20-16(24)12-8-10-11(19-12)6-7-13(22(4)18)15(10)26-5/h6-9,14,19,23H,1-5H3,(H,20,24)/t9-,14+/m1/s1. The molecule has 9 heteroatoms. The second-order valence-corrected chi connectivity index (χ2v) is 7.61. The first-order valence-corrected chi connectivity index (χ1v) is 8.93. The second kappa shape index (κ2) is 8.12. The fourth-order valence-corrected chi connectivity index (χ4v) is 3.01. The molecule has 2 aromatic rings. The van der Waals surface area contributed by atoms with E-state index in [9.17, 15) is 14.7 Å². The molecule has 0 spiro atoms. The van der Waals surface area contributed by atoms with Crippen LogP contribution in [0, 0.1) is 0 Å². The first kappa shape index (κ1) is 20.3. The van der Waals surface area contributed by atoms with E-state index in [0.29, 0.717) is 5.75 Å². The summed E-state index contributed by atoms with van der Waals surface area (Å²) in [5.41, 5.74) is 1.89. The molecule has 0 aliphatic rings. The van der Waals surface area contributed by atoms with Crippen LogP contribution in [0.2, 0.25) is 0 Å². The van der Waals surface area contributed by atoms with Crippen molar-refractivity contribution >= 4 is 51.3 Å². The Kier molecular flexibility index (Phi) is 6.34. The number of rotatable bonds is 6. The number of aromatic amines is 1. The molecule has 2 atom stereocenters. The number of hydrogen-bond acceptors (Lipinski definition) is 5. The van der Waals surface area contributed by atoms with Crippen LogP contribution in [0.25, 0.3) is 10.9 Å². The highest BCUT2D eigenvalue weighted by Crippen LogP contribution is 2.37. The third-order valence-electron chi connectivity index (χ3n) is 3.99. The van der Waals surface area contributed by atoms with Gasteiger partial charge in [-0.25, -0.2) is 0 Å². The van der Waals surface area contributed by atoms with Gasteiger partial charge in [-0.2, -0.15) is 0 Å². The minimum atomic E-state index is -1.03. The Balaban J connectivity index is 2.37. The van der Waals surface area contributed by atoms with Crippen LogP contribution in [0.1, 0.15) is 17.4 Å². The topological polar surface area (TPSA) is 97.9 Å². The fourth-order valence-electron chi connectivity index (χ4n) is 2.63. The monoisotopic (exact) mass is 474 g/mol. The molecule has 0 bridgehead atoms. The van der Waals surface area contributed by atoms with E-state index in [1.54, 1.807) is 27.3 Å². The normalized spacial score (nSPS) is 13.2. The Bertz CT molecular complexity index is 816. The number of aliphatic hydroxyl groups is 1. The highest BCUT2D eigenvalue weighted by Gasteiger charge is 2.28. The molecule has 142 valence electrons. The predicted octanol–water partition coefficient (Wildman–Crippen LogP) is 1.53. The summed E-state index contributed by atoms with van der Waals surface area (Å²) in [4.78, 5) is 29.1. The summed E-state index contributed by atoms with van der Waals surface area (Å²) in [6, 6.07) is 4.39. The molecule has 0 saturated heterocycles. The van der Waals surface area contributed by atoms with E-state index in [2.05, 4.69) is 33.2 Å². The van der Waals surface area contributed by atoms with Crippen molar-refractivity contribution < 1.29 is 19.4 Å². The number of aromatic nitrogens is 1. The number of likely N-dealkylation sites (N-methyl/N-ethyl adjacent to an activating group) is 1. The number of benzene rings is 1. The van der Waals surface area contributed by atoms with Crippen LogP contribution in [-0.2, 0) is 4.79 Å². The van der Waals surface area contributed by atoms with Crippen molar-refractivity contribution in [3.8, 4) is 5.75 Å². The van der Waals surface area contributed by atoms with Crippen LogP contribution in [0.5, 0.6) is 5.75 Å². The molecular formula is C17H23IN4O4. The number of H-pyrrole nitrogens is 1. The molecule has 3 N–H and O–H groups in total. The van der Waals surface area contributed by atoms with Gasteiger partial charge in [0.1, 0.15) is 11.7 Å². The zero-order chi connectivity index (χ0) is 19.6. The molecule has 0 aliphatic heterocycles. The lowest BCUT2D eigenvalue weighted by molar-refractivity contribution is -0.133. The summed E-state index contributed by atoms with van der Waals surface area (Å²) in [6.07, 6.45) is -1.02. The Labute approximate surface area is 166 Å². The number of anilines is 1. The van der Waals surface area contributed by atoms with Gasteiger partial charge in [0.25, 0.3) is 5.91 Å². The lowest BCUT2D eigenvalue weighted by atomic mass is 10.1. The highest BCUT2D eigenvalue weighted by molar-refractivity contribution is 14.1. The van der Waals surface area contributed by atoms with Crippen molar-refractivity contribution in [2.75, 3.05) is 31.4 Å². The Morgan fingerprint density at radius 2 is 1.96 bits per heavy atom. The van der Waals surface area contributed by atoms with E-state index in [0.717, 1.165) is 16.6 Å². The Morgan fingerprint density at radius 1 is 1.31 bits per heavy atom. The van der Waals surface area contributed by atoms with Crippen LogP contribution >= 0.6 is 22.9 Å². The van der Waals surface area contributed by atoms with Gasteiger partial charge in [-0.05, 0) is 25.1 Å². The zero-order valence-electron chi connectivity index (χ0n) is 15.3. The largest absolute Gasteiger partial charge is 0.494 e. The molecule has 0 fully saturated rings. The van der Waals surface area contributed by atoms with E-state index in [4.69, 9.17) is 4.74 Å². The maximum atomic E-state index is 12.6. The number of hydrogen-bond donors (Lipinski definition) is 3. The summed E-state index contributed by atoms with van der Waals surface area (Å²) >= 11 is 2.14. The molecule has 2 rings (SSSR count). The third-order valence-corrected chi connectivity index (χ3v) is 4.51. The first-order valence-electron chi connectivity index (χ1n) is 7.96. The van der Waals surface area contributed by atoms with E-state index >= 15 is 0 Å². The average Bonchev–Trinajstić information content (AvgIpc) is 3.01. The maximum Gasteiger partial charge on any atom is 0.268 e. The Morgan fingerprint density at radius 3 is 2.46 bits per heavy atom. The molecule has 0 unspecified atom stereocenters. The van der Waals surface area contributed by atoms with Crippen molar-refractivity contribution in [3.63, 3.8) is 0 Å². The van der Waals surface area contributed by atoms with Crippen LogP contribution < -0.4 is 13.2 Å². The summed E-state index contributed by atoms with van der Waals surface area (Å²) in [7, 11) is 6.61. The molecule has 0 saturated carbocycles. The van der Waals surface area contributed by atoms with Crippen molar-refractivity contribution in [1.82, 2.24) is 15.2 Å². The van der Waals surface area contributed by atoms with E-state index in [1.165, 1.54) is 11.8 Å². The van der Waals surface area contributed by atoms with Crippen LogP contribution in [-0.4, -0.2) is 67.2 Å². The molecule has 0 aliphatic carbocycles. The number of carbonyl (C=O) groups is 2. The van der Waals surface area contributed by atoms with Crippen molar-refractivity contribution in [1.29, 1.82) is 0 Å². The molecule has 26 heavy (non-hydrogen) atoms. The maximum absolute atomic E-state index is 12.6. The van der Waals surface area contributed by atoms with Crippen molar-refractivity contribution in [3.05, 3.63) is 23.9 Å². The number of aliphatic hydroxyl groups excluding tert-OH is 1. The number of halogens is 1. The molecule has 1 heterocycles. The van der Waals surface area contributed by atoms with E-state index in [-0.39, 0.29) is 11.6 Å². The summed E-state index contributed by atoms with van der Waals surface area (Å²) in [5, 5.41) is 13.2. The van der Waals surface area contributed by atoms with Gasteiger partial charge >= 0.3 is 0 Å². The van der Waals surface area contributed by atoms with Gasteiger partial charge < -0.3 is 28.2 Å². The molecule has 8 nitrogen and oxygen atoms in total. The average molecular weight is 474 g/mol. The number of amides is 2. The molecule has 0 radical (unpaired) electrons. The quantitative estimate of drug-likeness (QED) is 0.436. The lowest BCUT2D eigenvalue weighted by Crippen LogP contribution is -2.52. The number of fused-ring (bicyclic) bond motifs is 1. The number of methoxy groups -OCH3 is 1. The number of ether oxygens (including phenoxy) is 1. The number of carbonyl (C=O) groups excluding carboxylic acids is 2. The van der Waals surface area contributed by atoms with E-state index < -0.39 is 18.1 Å². The first-order chi connectivity index (χ1) is 12.2. The van der Waals surface area contributed by atoms with Gasteiger partial charge in [0.05, 0.1) is 41.8 Å². The minimum Gasteiger partial charge on any atom is -0.494 e. The van der Waals surface area contributed by atoms with E-state index in [1.807, 2.05) is 22.3 Å². The van der Waals surface area contributed by atoms with Gasteiger partial charge in [-0.1, -0.05) is 0 Å². The molecule has 2 amide bonds. The van der Waals surface area contributed by atoms with Crippen molar-refractivity contribution in [2.24, 2.45) is 0 Å². The fraction of sp³-hybridized carbons (Fsp3) is 0.412. The van der Waals surface area contributed by atoms with Crippen LogP contribution in [0.3, 0.4) is 0 Å². The second-order valence-electron chi connectivity index (χ2n) is 6.16. The minimum absolute atomic E-state index is 0.281. The lowest BCUT2D eigenvalue weighted by Gasteiger charge is -2.23. The van der Waals surface area contributed by atoms with Gasteiger partial charge in [0.2, 0.25) is 5.91 Å². The van der Waals surface area contributed by atoms with Crippen molar-refractivity contribution in [2.45, 2.75) is 19.1 Å². The predicted molar refractivity (Wildman–Crippen MR) is 109 cm³/mol. The van der Waals surface area contributed by atoms with Gasteiger partial charge in [0.15, 0.2) is 5.75 Å². The summed E-state index contributed by atoms with van der Waals surface area (Å²) in [5.74, 6) is -0.212. The summed E-state index contributed by atoms with van der Waals surface area (Å²) < 4.78 is 7.39. The smallest absolute Gasteiger partial charge is 0.268 e. The number of nitrogens with zero attached hydrogens (tertiary/aromatic N) is 2. The number of nitrogens with one attached hydrogen (secondary N) is 2. The Hall–Kier alpha value is -2.01. The SMILES string of the molecule is COc1c(N(C)I)ccc2[nH]c(C(=O)N[C@H](C(=O)N(C)C)[C@@H](C)O)cc12. The molecular weight excluding hydrogens is 451 g/mol. The van der Waals surface area contributed by atoms with Gasteiger partial charge in [-0.3, -0.25) is 9.59 Å². The van der Waals surface area contributed by atoms with Gasteiger partial charge in [0, 0.05) is 32.0 Å². The van der Waals surface area contributed by atoms with Gasteiger partial charge in [-0.15, -0.1) is 0 Å². The third kappa shape index (κ3) is 4.04.